The fourth-order valence-corrected chi connectivity index (χ4v) is 5.36. The number of carbonyl (C=O) groups excluding carboxylic acids is 1. The number of aliphatic hydroxyl groups is 8. The van der Waals surface area contributed by atoms with Gasteiger partial charge in [-0.1, -0.05) is 12.1 Å². The molecule has 9 N–H and O–H groups in total. The highest BCUT2D eigenvalue weighted by molar-refractivity contribution is 5.86. The number of Topliss-reactive ketones (excluding diaryl/α,β-unsaturated/α-hetero) is 1. The van der Waals surface area contributed by atoms with Crippen molar-refractivity contribution in [2.24, 2.45) is 5.92 Å². The number of benzene rings is 1. The summed E-state index contributed by atoms with van der Waals surface area (Å²) in [4.78, 5) is 13.5. The Labute approximate surface area is 239 Å². The van der Waals surface area contributed by atoms with Gasteiger partial charge < -0.3 is 69.6 Å². The van der Waals surface area contributed by atoms with Gasteiger partial charge >= 0.3 is 0 Å². The lowest BCUT2D eigenvalue weighted by molar-refractivity contribution is -0.311. The Morgan fingerprint density at radius 2 is 1.36 bits per heavy atom. The topological polar surface area (TPSA) is 245 Å². The lowest BCUT2D eigenvalue weighted by Crippen LogP contribution is -2.60. The molecule has 3 fully saturated rings. The van der Waals surface area contributed by atoms with Crippen LogP contribution in [0, 0.1) is 5.92 Å². The molecule has 3 saturated heterocycles. The Balaban J connectivity index is 1.44. The Morgan fingerprint density at radius 1 is 0.786 bits per heavy atom. The van der Waals surface area contributed by atoms with E-state index in [0.29, 0.717) is 5.56 Å². The number of phenolic OH excluding ortho intramolecular Hbond substituents is 1. The summed E-state index contributed by atoms with van der Waals surface area (Å²) in [7, 11) is 0. The predicted octanol–water partition coefficient (Wildman–Crippen LogP) is -3.18. The van der Waals surface area contributed by atoms with E-state index in [1.807, 2.05) is 0 Å². The molecule has 232 valence electrons. The molecule has 1 aromatic rings. The zero-order valence-corrected chi connectivity index (χ0v) is 22.1. The quantitative estimate of drug-likeness (QED) is 0.150. The van der Waals surface area contributed by atoms with Crippen LogP contribution in [0.1, 0.15) is 18.1 Å². The summed E-state index contributed by atoms with van der Waals surface area (Å²) >= 11 is 0. The molecule has 3 unspecified atom stereocenters. The Morgan fingerprint density at radius 3 is 1.95 bits per heavy atom. The number of aromatic hydroxyl groups is 1. The third-order valence-electron chi connectivity index (χ3n) is 7.77. The van der Waals surface area contributed by atoms with Gasteiger partial charge in [-0.3, -0.25) is 4.79 Å². The van der Waals surface area contributed by atoms with Crippen LogP contribution in [-0.2, 0) is 28.5 Å². The summed E-state index contributed by atoms with van der Waals surface area (Å²) in [6, 6.07) is 6.03. The van der Waals surface area contributed by atoms with E-state index in [1.54, 1.807) is 12.1 Å². The van der Waals surface area contributed by atoms with Crippen LogP contribution in [0.2, 0.25) is 0 Å². The van der Waals surface area contributed by atoms with E-state index >= 15 is 0 Å². The first-order valence-corrected chi connectivity index (χ1v) is 13.4. The van der Waals surface area contributed by atoms with Crippen molar-refractivity contribution in [1.82, 2.24) is 0 Å². The summed E-state index contributed by atoms with van der Waals surface area (Å²) in [5.41, 5.74) is 0.581. The number of ether oxygens (including phenoxy) is 5. The molecule has 5 rings (SSSR count). The molecule has 0 amide bonds. The SMILES string of the molecule is O=C1CC(c2ccc(O)cc2)OC2=CC(O[C@@H]3O[C@H](CO)[C@@H](O)[C@H](O)[C@H]3O)=CC(O[C@@H]3O[C@H](CO)[C@@H](O)[C@H](O)[C@H]3O)C12. The molecule has 1 aliphatic carbocycles. The highest BCUT2D eigenvalue weighted by Gasteiger charge is 2.49. The van der Waals surface area contributed by atoms with Crippen LogP contribution in [0.5, 0.6) is 5.75 Å². The molecule has 3 heterocycles. The number of phenols is 1. The minimum absolute atomic E-state index is 0.0155. The highest BCUT2D eigenvalue weighted by atomic mass is 16.7. The zero-order chi connectivity index (χ0) is 30.3. The molecule has 15 nitrogen and oxygen atoms in total. The van der Waals surface area contributed by atoms with E-state index in [4.69, 9.17) is 23.7 Å². The average Bonchev–Trinajstić information content (AvgIpc) is 2.97. The summed E-state index contributed by atoms with van der Waals surface area (Å²) in [6.07, 6.45) is -15.5. The van der Waals surface area contributed by atoms with Gasteiger partial charge in [-0.25, -0.2) is 0 Å². The number of fused-ring (bicyclic) bond motifs is 1. The number of ketones is 1. The summed E-state index contributed by atoms with van der Waals surface area (Å²) in [5, 5.41) is 90.3. The standard InChI is InChI=1S/C27H34O15/c28-8-17-20(32)22(34)24(36)26(41-17)38-12-5-15-19(13(31)7-14(39-15)10-1-3-11(30)4-2-10)16(6-12)40-27-25(37)23(35)21(33)18(9-29)42-27/h1-6,14,16-30,32-37H,7-9H2/t14?,16?,17-,18-,19?,20-,21-,22+,23+,24-,25-,26-,27-/m1/s1. The van der Waals surface area contributed by atoms with Crippen molar-refractivity contribution in [3.8, 4) is 5.75 Å². The van der Waals surface area contributed by atoms with Crippen molar-refractivity contribution in [3.63, 3.8) is 0 Å². The fraction of sp³-hybridized carbons (Fsp3) is 0.593. The summed E-state index contributed by atoms with van der Waals surface area (Å²) < 4.78 is 28.7. The molecule has 1 aromatic carbocycles. The van der Waals surface area contributed by atoms with E-state index in [9.17, 15) is 50.8 Å². The van der Waals surface area contributed by atoms with Crippen LogP contribution in [0.4, 0.5) is 0 Å². The Hall–Kier alpha value is -2.67. The lowest BCUT2D eigenvalue weighted by atomic mass is 9.84. The maximum Gasteiger partial charge on any atom is 0.229 e. The van der Waals surface area contributed by atoms with Crippen LogP contribution in [0.25, 0.3) is 0 Å². The molecule has 0 radical (unpaired) electrons. The second-order valence-electron chi connectivity index (χ2n) is 10.6. The van der Waals surface area contributed by atoms with Gasteiger partial charge in [0.15, 0.2) is 12.1 Å². The van der Waals surface area contributed by atoms with Crippen LogP contribution in [-0.4, -0.2) is 132 Å². The van der Waals surface area contributed by atoms with Crippen molar-refractivity contribution in [1.29, 1.82) is 0 Å². The minimum atomic E-state index is -1.77. The van der Waals surface area contributed by atoms with Crippen LogP contribution in [0.15, 0.2) is 47.9 Å². The number of rotatable bonds is 7. The third-order valence-corrected chi connectivity index (χ3v) is 7.77. The van der Waals surface area contributed by atoms with Crippen LogP contribution < -0.4 is 0 Å². The molecule has 4 aliphatic rings. The van der Waals surface area contributed by atoms with E-state index < -0.39 is 92.8 Å². The number of carbonyl (C=O) groups is 1. The summed E-state index contributed by atoms with van der Waals surface area (Å²) in [5.74, 6) is -1.45. The largest absolute Gasteiger partial charge is 0.508 e. The van der Waals surface area contributed by atoms with E-state index in [-0.39, 0.29) is 29.5 Å². The van der Waals surface area contributed by atoms with Gasteiger partial charge in [0.05, 0.1) is 19.3 Å². The summed E-state index contributed by atoms with van der Waals surface area (Å²) in [6.45, 7) is -1.40. The molecule has 0 bridgehead atoms. The van der Waals surface area contributed by atoms with Gasteiger partial charge in [-0.2, -0.15) is 0 Å². The molecule has 0 spiro atoms. The second-order valence-corrected chi connectivity index (χ2v) is 10.6. The third kappa shape index (κ3) is 5.91. The molecule has 13 atom stereocenters. The number of hydrogen-bond acceptors (Lipinski definition) is 15. The first-order valence-electron chi connectivity index (χ1n) is 13.4. The Bertz CT molecular complexity index is 1170. The molecular weight excluding hydrogens is 564 g/mol. The number of aliphatic hydroxyl groups excluding tert-OH is 8. The first-order chi connectivity index (χ1) is 20.0. The van der Waals surface area contributed by atoms with Crippen molar-refractivity contribution in [2.45, 2.75) is 80.0 Å². The lowest BCUT2D eigenvalue weighted by Gasteiger charge is -2.43. The van der Waals surface area contributed by atoms with Gasteiger partial charge in [-0.05, 0) is 23.8 Å². The number of allylic oxidation sites excluding steroid dienone is 1. The highest BCUT2D eigenvalue weighted by Crippen LogP contribution is 2.42. The van der Waals surface area contributed by atoms with Gasteiger partial charge in [0, 0.05) is 12.5 Å². The van der Waals surface area contributed by atoms with Crippen molar-refractivity contribution < 1.29 is 74.4 Å². The van der Waals surface area contributed by atoms with Crippen LogP contribution in [0.3, 0.4) is 0 Å². The van der Waals surface area contributed by atoms with Crippen molar-refractivity contribution in [2.75, 3.05) is 13.2 Å². The van der Waals surface area contributed by atoms with E-state index in [2.05, 4.69) is 0 Å². The van der Waals surface area contributed by atoms with Gasteiger partial charge in [0.25, 0.3) is 0 Å². The van der Waals surface area contributed by atoms with E-state index in [0.717, 1.165) is 0 Å². The number of hydrogen-bond donors (Lipinski definition) is 9. The molecular formula is C27H34O15. The predicted molar refractivity (Wildman–Crippen MR) is 135 cm³/mol. The van der Waals surface area contributed by atoms with Gasteiger partial charge in [-0.15, -0.1) is 0 Å². The maximum absolute atomic E-state index is 13.5. The van der Waals surface area contributed by atoms with Crippen LogP contribution >= 0.6 is 0 Å². The molecule has 0 saturated carbocycles. The molecule has 3 aliphatic heterocycles. The minimum Gasteiger partial charge on any atom is -0.508 e. The molecule has 0 aromatic heterocycles. The normalized spacial score (nSPS) is 42.2. The smallest absolute Gasteiger partial charge is 0.229 e. The fourth-order valence-electron chi connectivity index (χ4n) is 5.36. The zero-order valence-electron chi connectivity index (χ0n) is 22.1. The van der Waals surface area contributed by atoms with Gasteiger partial charge in [0.2, 0.25) is 6.29 Å². The second kappa shape index (κ2) is 12.5. The molecule has 15 heteroatoms. The van der Waals surface area contributed by atoms with Crippen molar-refractivity contribution >= 4 is 5.78 Å². The van der Waals surface area contributed by atoms with Crippen molar-refractivity contribution in [3.05, 3.63) is 53.5 Å². The average molecular weight is 599 g/mol. The Kier molecular flexibility index (Phi) is 9.17. The van der Waals surface area contributed by atoms with E-state index in [1.165, 1.54) is 24.3 Å². The molecule has 42 heavy (non-hydrogen) atoms. The first kappa shape index (κ1) is 30.8. The maximum atomic E-state index is 13.5. The monoisotopic (exact) mass is 598 g/mol. The van der Waals surface area contributed by atoms with Gasteiger partial charge in [0.1, 0.15) is 78.1 Å².